The molecule has 1 aromatic heterocycles. The molecule has 1 aliphatic rings. The van der Waals surface area contributed by atoms with Crippen molar-refractivity contribution in [1.82, 2.24) is 9.55 Å². The molecule has 0 radical (unpaired) electrons. The lowest BCUT2D eigenvalue weighted by Gasteiger charge is -2.16. The van der Waals surface area contributed by atoms with Gasteiger partial charge in [0.2, 0.25) is 0 Å². The van der Waals surface area contributed by atoms with Crippen molar-refractivity contribution in [2.45, 2.75) is 38.6 Å². The van der Waals surface area contributed by atoms with E-state index in [0.717, 1.165) is 17.3 Å². The number of hydrogen-bond donors (Lipinski definition) is 0. The van der Waals surface area contributed by atoms with Crippen LogP contribution >= 0.6 is 11.6 Å². The second kappa shape index (κ2) is 4.02. The highest BCUT2D eigenvalue weighted by Gasteiger charge is 2.31. The van der Waals surface area contributed by atoms with E-state index < -0.39 is 0 Å². The van der Waals surface area contributed by atoms with Crippen LogP contribution in [0, 0.1) is 12.8 Å². The van der Waals surface area contributed by atoms with Gasteiger partial charge in [-0.05, 0) is 50.3 Å². The van der Waals surface area contributed by atoms with E-state index in [1.54, 1.807) is 0 Å². The molecule has 0 spiro atoms. The number of fused-ring (bicyclic) bond motifs is 1. The van der Waals surface area contributed by atoms with Crippen molar-refractivity contribution in [3.63, 3.8) is 0 Å². The Hall–Kier alpha value is -1.02. The van der Waals surface area contributed by atoms with Crippen molar-refractivity contribution in [3.05, 3.63) is 29.6 Å². The molecule has 0 N–H and O–H groups in total. The summed E-state index contributed by atoms with van der Waals surface area (Å²) in [4.78, 5) is 4.63. The highest BCUT2D eigenvalue weighted by Crippen LogP contribution is 2.41. The van der Waals surface area contributed by atoms with Crippen molar-refractivity contribution >= 4 is 22.6 Å². The second-order valence-corrected chi connectivity index (χ2v) is 5.37. The van der Waals surface area contributed by atoms with E-state index in [1.165, 1.54) is 23.9 Å². The van der Waals surface area contributed by atoms with Gasteiger partial charge in [0.15, 0.2) is 0 Å². The van der Waals surface area contributed by atoms with Gasteiger partial charge in [0.05, 0.1) is 16.9 Å². The van der Waals surface area contributed by atoms with Crippen LogP contribution < -0.4 is 0 Å². The summed E-state index contributed by atoms with van der Waals surface area (Å²) < 4.78 is 2.34. The minimum Gasteiger partial charge on any atom is -0.324 e. The van der Waals surface area contributed by atoms with Gasteiger partial charge in [0.25, 0.3) is 0 Å². The maximum atomic E-state index is 6.03. The topological polar surface area (TPSA) is 17.8 Å². The standard InChI is InChI=1S/C14H17ClN2/c1-9-3-6-12-13(7-9)17(14(8-15)16-12)10(2)11-4-5-11/h3,6-7,10-11H,4-5,8H2,1-2H3. The van der Waals surface area contributed by atoms with E-state index in [0.29, 0.717) is 11.9 Å². The molecule has 3 heteroatoms. The minimum atomic E-state index is 0.491. The predicted octanol–water partition coefficient (Wildman–Crippen LogP) is 4.05. The predicted molar refractivity (Wildman–Crippen MR) is 71.5 cm³/mol. The van der Waals surface area contributed by atoms with Gasteiger partial charge in [-0.3, -0.25) is 0 Å². The largest absolute Gasteiger partial charge is 0.324 e. The summed E-state index contributed by atoms with van der Waals surface area (Å²) in [7, 11) is 0. The average molecular weight is 249 g/mol. The number of imidazole rings is 1. The number of aryl methyl sites for hydroxylation is 1. The lowest BCUT2D eigenvalue weighted by Crippen LogP contribution is -2.10. The number of benzene rings is 1. The molecule has 2 nitrogen and oxygen atoms in total. The number of aromatic nitrogens is 2. The van der Waals surface area contributed by atoms with Gasteiger partial charge in [-0.15, -0.1) is 11.6 Å². The first-order valence-electron chi connectivity index (χ1n) is 6.24. The number of halogens is 1. The molecule has 0 aliphatic heterocycles. The minimum absolute atomic E-state index is 0.491. The molecule has 1 heterocycles. The normalized spacial score (nSPS) is 17.6. The summed E-state index contributed by atoms with van der Waals surface area (Å²) in [6, 6.07) is 6.95. The lowest BCUT2D eigenvalue weighted by atomic mass is 10.2. The Kier molecular flexibility index (Phi) is 2.62. The van der Waals surface area contributed by atoms with Crippen molar-refractivity contribution in [2.75, 3.05) is 0 Å². The van der Waals surface area contributed by atoms with E-state index >= 15 is 0 Å². The van der Waals surface area contributed by atoms with Crippen molar-refractivity contribution in [1.29, 1.82) is 0 Å². The summed E-state index contributed by atoms with van der Waals surface area (Å²) in [5.41, 5.74) is 3.58. The maximum Gasteiger partial charge on any atom is 0.125 e. The average Bonchev–Trinajstić information content (AvgIpc) is 3.09. The number of nitrogens with zero attached hydrogens (tertiary/aromatic N) is 2. The van der Waals surface area contributed by atoms with Gasteiger partial charge in [0.1, 0.15) is 5.82 Å². The molecule has 0 bridgehead atoms. The van der Waals surface area contributed by atoms with Crippen LogP contribution in [0.3, 0.4) is 0 Å². The number of alkyl halides is 1. The third kappa shape index (κ3) is 1.85. The van der Waals surface area contributed by atoms with Crippen LogP contribution in [0.1, 0.15) is 37.2 Å². The monoisotopic (exact) mass is 248 g/mol. The molecule has 17 heavy (non-hydrogen) atoms. The Bertz CT molecular complexity index is 555. The summed E-state index contributed by atoms with van der Waals surface area (Å²) in [6.45, 7) is 4.41. The SMILES string of the molecule is Cc1ccc2nc(CCl)n(C(C)C3CC3)c2c1. The summed E-state index contributed by atoms with van der Waals surface area (Å²) in [6.07, 6.45) is 2.68. The molecule has 2 aromatic rings. The third-order valence-corrected chi connectivity index (χ3v) is 3.99. The summed E-state index contributed by atoms with van der Waals surface area (Å²) >= 11 is 6.03. The van der Waals surface area contributed by atoms with Gasteiger partial charge < -0.3 is 4.57 Å². The molecule has 1 atom stereocenters. The highest BCUT2D eigenvalue weighted by atomic mass is 35.5. The van der Waals surface area contributed by atoms with Crippen LogP contribution in [-0.4, -0.2) is 9.55 Å². The van der Waals surface area contributed by atoms with Crippen LogP contribution in [0.4, 0.5) is 0 Å². The Morgan fingerprint density at radius 2 is 2.24 bits per heavy atom. The van der Waals surface area contributed by atoms with Gasteiger partial charge in [-0.25, -0.2) is 4.98 Å². The second-order valence-electron chi connectivity index (χ2n) is 5.10. The Labute approximate surface area is 107 Å². The van der Waals surface area contributed by atoms with Gasteiger partial charge in [0, 0.05) is 6.04 Å². The fraction of sp³-hybridized carbons (Fsp3) is 0.500. The zero-order valence-electron chi connectivity index (χ0n) is 10.3. The first-order valence-corrected chi connectivity index (χ1v) is 6.77. The maximum absolute atomic E-state index is 6.03. The molecule has 1 saturated carbocycles. The first-order chi connectivity index (χ1) is 8.20. The van der Waals surface area contributed by atoms with Crippen molar-refractivity contribution in [3.8, 4) is 0 Å². The molecule has 0 saturated heterocycles. The van der Waals surface area contributed by atoms with E-state index in [-0.39, 0.29) is 0 Å². The van der Waals surface area contributed by atoms with Gasteiger partial charge in [-0.1, -0.05) is 6.07 Å². The van der Waals surface area contributed by atoms with E-state index in [1.807, 2.05) is 0 Å². The lowest BCUT2D eigenvalue weighted by molar-refractivity contribution is 0.486. The fourth-order valence-corrected chi connectivity index (χ4v) is 2.78. The summed E-state index contributed by atoms with van der Waals surface area (Å²) in [5.74, 6) is 2.31. The first kappa shape index (κ1) is 11.1. The quantitative estimate of drug-likeness (QED) is 0.750. The fourth-order valence-electron chi connectivity index (χ4n) is 2.59. The van der Waals surface area contributed by atoms with E-state index in [4.69, 9.17) is 11.6 Å². The molecule has 90 valence electrons. The molecule has 1 aromatic carbocycles. The van der Waals surface area contributed by atoms with Gasteiger partial charge in [-0.2, -0.15) is 0 Å². The number of hydrogen-bond acceptors (Lipinski definition) is 1. The molecular formula is C14H17ClN2. The molecule has 1 fully saturated rings. The van der Waals surface area contributed by atoms with Crippen LogP contribution in [0.25, 0.3) is 11.0 Å². The van der Waals surface area contributed by atoms with Crippen LogP contribution in [-0.2, 0) is 5.88 Å². The van der Waals surface area contributed by atoms with Crippen molar-refractivity contribution < 1.29 is 0 Å². The van der Waals surface area contributed by atoms with E-state index in [2.05, 4.69) is 41.6 Å². The Morgan fingerprint density at radius 3 is 2.88 bits per heavy atom. The van der Waals surface area contributed by atoms with Crippen LogP contribution in [0.5, 0.6) is 0 Å². The zero-order valence-corrected chi connectivity index (χ0v) is 11.0. The zero-order chi connectivity index (χ0) is 12.0. The third-order valence-electron chi connectivity index (χ3n) is 3.75. The molecule has 3 rings (SSSR count). The molecular weight excluding hydrogens is 232 g/mol. The molecule has 1 aliphatic carbocycles. The smallest absolute Gasteiger partial charge is 0.125 e. The van der Waals surface area contributed by atoms with E-state index in [9.17, 15) is 0 Å². The highest BCUT2D eigenvalue weighted by molar-refractivity contribution is 6.16. The van der Waals surface area contributed by atoms with Gasteiger partial charge >= 0.3 is 0 Å². The summed E-state index contributed by atoms with van der Waals surface area (Å²) in [5, 5.41) is 0. The molecule has 1 unspecified atom stereocenters. The Balaban J connectivity index is 2.20. The Morgan fingerprint density at radius 1 is 1.47 bits per heavy atom. The van der Waals surface area contributed by atoms with Crippen molar-refractivity contribution in [2.24, 2.45) is 5.92 Å². The van der Waals surface area contributed by atoms with Crippen LogP contribution in [0.15, 0.2) is 18.2 Å². The van der Waals surface area contributed by atoms with Crippen LogP contribution in [0.2, 0.25) is 0 Å². The number of rotatable bonds is 3. The molecule has 0 amide bonds.